The van der Waals surface area contributed by atoms with Crippen LogP contribution in [0.5, 0.6) is 0 Å². The maximum atomic E-state index is 12.9. The number of carbonyl (C=O) groups excluding carboxylic acids is 1. The normalized spacial score (nSPS) is 23.2. The third kappa shape index (κ3) is 3.39. The van der Waals surface area contributed by atoms with E-state index in [1.807, 2.05) is 30.0 Å². The number of nitrogens with one attached hydrogen (secondary N) is 1. The second kappa shape index (κ2) is 7.09. The van der Waals surface area contributed by atoms with Gasteiger partial charge < -0.3 is 14.6 Å². The lowest BCUT2D eigenvalue weighted by Crippen LogP contribution is -2.38. The van der Waals surface area contributed by atoms with Gasteiger partial charge in [-0.15, -0.1) is 0 Å². The summed E-state index contributed by atoms with van der Waals surface area (Å²) in [6, 6.07) is 8.09. The molecule has 1 unspecified atom stereocenters. The molecule has 3 heterocycles. The lowest BCUT2D eigenvalue weighted by atomic mass is 9.85. The highest BCUT2D eigenvalue weighted by Crippen LogP contribution is 2.40. The van der Waals surface area contributed by atoms with Gasteiger partial charge in [-0.05, 0) is 49.4 Å². The van der Waals surface area contributed by atoms with E-state index in [2.05, 4.69) is 16.0 Å². The molecule has 1 atom stereocenters. The van der Waals surface area contributed by atoms with Gasteiger partial charge in [-0.1, -0.05) is 12.1 Å². The summed E-state index contributed by atoms with van der Waals surface area (Å²) in [7, 11) is 1.66. The highest BCUT2D eigenvalue weighted by molar-refractivity contribution is 5.85. The van der Waals surface area contributed by atoms with Crippen LogP contribution in [-0.2, 0) is 16.1 Å². The summed E-state index contributed by atoms with van der Waals surface area (Å²) < 4.78 is 5.12. The van der Waals surface area contributed by atoms with Crippen LogP contribution in [-0.4, -0.2) is 60.6 Å². The van der Waals surface area contributed by atoms with Gasteiger partial charge in [0, 0.05) is 44.4 Å². The first-order chi connectivity index (χ1) is 13.0. The van der Waals surface area contributed by atoms with E-state index in [0.717, 1.165) is 54.5 Å². The average Bonchev–Trinajstić information content (AvgIpc) is 3.19. The Balaban J connectivity index is 1.48. The first-order valence-electron chi connectivity index (χ1n) is 9.64. The van der Waals surface area contributed by atoms with E-state index in [0.29, 0.717) is 19.7 Å². The number of fused-ring (bicyclic) bond motifs is 1. The van der Waals surface area contributed by atoms with E-state index >= 15 is 0 Å². The fourth-order valence-corrected chi connectivity index (χ4v) is 4.50. The van der Waals surface area contributed by atoms with Gasteiger partial charge >= 0.3 is 0 Å². The molecule has 0 saturated carbocycles. The summed E-state index contributed by atoms with van der Waals surface area (Å²) in [6.07, 6.45) is 1.78. The largest absolute Gasteiger partial charge is 0.383 e. The molecule has 1 aromatic carbocycles. The molecule has 144 valence electrons. The maximum Gasteiger partial charge on any atom is 0.252 e. The third-order valence-corrected chi connectivity index (χ3v) is 6.07. The van der Waals surface area contributed by atoms with Crippen molar-refractivity contribution in [2.75, 3.05) is 39.9 Å². The quantitative estimate of drug-likeness (QED) is 0.874. The summed E-state index contributed by atoms with van der Waals surface area (Å²) in [5.74, 6) is 0.255. The summed E-state index contributed by atoms with van der Waals surface area (Å²) >= 11 is 0. The molecule has 1 spiro atoms. The van der Waals surface area contributed by atoms with Crippen molar-refractivity contribution < 1.29 is 9.53 Å². The van der Waals surface area contributed by atoms with E-state index in [-0.39, 0.29) is 16.9 Å². The molecular formula is C21H27N3O3. The molecule has 0 radical (unpaired) electrons. The van der Waals surface area contributed by atoms with Crippen LogP contribution in [0.3, 0.4) is 0 Å². The molecule has 1 aromatic heterocycles. The van der Waals surface area contributed by atoms with Crippen molar-refractivity contribution in [3.05, 3.63) is 45.7 Å². The molecule has 2 aromatic rings. The molecule has 4 rings (SSSR count). The van der Waals surface area contributed by atoms with Gasteiger partial charge in [-0.2, -0.15) is 0 Å². The maximum absolute atomic E-state index is 12.9. The van der Waals surface area contributed by atoms with Gasteiger partial charge in [-0.3, -0.25) is 14.5 Å². The van der Waals surface area contributed by atoms with Crippen LogP contribution in [0.2, 0.25) is 0 Å². The van der Waals surface area contributed by atoms with Crippen molar-refractivity contribution in [2.45, 2.75) is 26.3 Å². The minimum atomic E-state index is -0.269. The Labute approximate surface area is 159 Å². The minimum Gasteiger partial charge on any atom is -0.383 e. The molecular weight excluding hydrogens is 342 g/mol. The SMILES string of the molecule is COCCN1CCC2(CCN(Cc3cc4ccc(C)cc4[nH]c3=O)C2)C1=O. The number of hydrogen-bond donors (Lipinski definition) is 1. The van der Waals surface area contributed by atoms with Gasteiger partial charge in [0.1, 0.15) is 0 Å². The number of pyridine rings is 1. The van der Waals surface area contributed by atoms with E-state index in [1.54, 1.807) is 7.11 Å². The zero-order chi connectivity index (χ0) is 19.0. The highest BCUT2D eigenvalue weighted by atomic mass is 16.5. The van der Waals surface area contributed by atoms with Crippen LogP contribution < -0.4 is 5.56 Å². The number of likely N-dealkylation sites (tertiary alicyclic amines) is 2. The Morgan fingerprint density at radius 3 is 2.81 bits per heavy atom. The van der Waals surface area contributed by atoms with Gasteiger partial charge in [0.15, 0.2) is 0 Å². The molecule has 0 bridgehead atoms. The fraction of sp³-hybridized carbons (Fsp3) is 0.524. The number of nitrogens with zero attached hydrogens (tertiary/aromatic N) is 2. The molecule has 1 amide bonds. The first-order valence-corrected chi connectivity index (χ1v) is 9.64. The number of benzene rings is 1. The topological polar surface area (TPSA) is 65.6 Å². The minimum absolute atomic E-state index is 0.0338. The number of rotatable bonds is 5. The lowest BCUT2D eigenvalue weighted by Gasteiger charge is -2.23. The summed E-state index contributed by atoms with van der Waals surface area (Å²) in [5.41, 5.74) is 2.47. The Morgan fingerprint density at radius 2 is 2.00 bits per heavy atom. The Kier molecular flexibility index (Phi) is 4.78. The van der Waals surface area contributed by atoms with E-state index in [4.69, 9.17) is 4.74 Å². The monoisotopic (exact) mass is 369 g/mol. The fourth-order valence-electron chi connectivity index (χ4n) is 4.50. The second-order valence-corrected chi connectivity index (χ2v) is 7.99. The van der Waals surface area contributed by atoms with Crippen molar-refractivity contribution in [3.63, 3.8) is 0 Å². The van der Waals surface area contributed by atoms with Gasteiger partial charge in [-0.25, -0.2) is 0 Å². The first kappa shape index (κ1) is 18.2. The zero-order valence-corrected chi connectivity index (χ0v) is 16.1. The molecule has 2 fully saturated rings. The molecule has 2 saturated heterocycles. The molecule has 2 aliphatic heterocycles. The van der Waals surface area contributed by atoms with Crippen molar-refractivity contribution >= 4 is 16.8 Å². The number of H-pyrrole nitrogens is 1. The van der Waals surface area contributed by atoms with Gasteiger partial charge in [0.25, 0.3) is 5.56 Å². The van der Waals surface area contributed by atoms with E-state index < -0.39 is 0 Å². The number of hydrogen-bond acceptors (Lipinski definition) is 4. The highest BCUT2D eigenvalue weighted by Gasteiger charge is 2.50. The lowest BCUT2D eigenvalue weighted by molar-refractivity contribution is -0.136. The average molecular weight is 369 g/mol. The number of carbonyl (C=O) groups is 1. The Morgan fingerprint density at radius 1 is 1.19 bits per heavy atom. The predicted octanol–water partition coefficient (Wildman–Crippen LogP) is 1.91. The number of aryl methyl sites for hydroxylation is 1. The van der Waals surface area contributed by atoms with Crippen LogP contribution in [0.25, 0.3) is 10.9 Å². The van der Waals surface area contributed by atoms with Crippen LogP contribution in [0, 0.1) is 12.3 Å². The van der Waals surface area contributed by atoms with Crippen molar-refractivity contribution in [1.82, 2.24) is 14.8 Å². The van der Waals surface area contributed by atoms with Crippen LogP contribution in [0.15, 0.2) is 29.1 Å². The second-order valence-electron chi connectivity index (χ2n) is 7.99. The van der Waals surface area contributed by atoms with Crippen molar-refractivity contribution in [1.29, 1.82) is 0 Å². The molecule has 1 N–H and O–H groups in total. The molecule has 6 heteroatoms. The summed E-state index contributed by atoms with van der Waals surface area (Å²) in [6.45, 7) is 6.26. The van der Waals surface area contributed by atoms with E-state index in [9.17, 15) is 9.59 Å². The van der Waals surface area contributed by atoms with Gasteiger partial charge in [0.2, 0.25) is 5.91 Å². The van der Waals surface area contributed by atoms with Crippen LogP contribution in [0.4, 0.5) is 0 Å². The van der Waals surface area contributed by atoms with Crippen LogP contribution >= 0.6 is 0 Å². The summed E-state index contributed by atoms with van der Waals surface area (Å²) in [4.78, 5) is 32.6. The predicted molar refractivity (Wildman–Crippen MR) is 105 cm³/mol. The number of aromatic nitrogens is 1. The molecule has 2 aliphatic rings. The molecule has 6 nitrogen and oxygen atoms in total. The zero-order valence-electron chi connectivity index (χ0n) is 16.1. The van der Waals surface area contributed by atoms with Gasteiger partial charge in [0.05, 0.1) is 12.0 Å². The van der Waals surface area contributed by atoms with E-state index in [1.165, 1.54) is 0 Å². The standard InChI is InChI=1S/C21H27N3O3/c1-15-3-4-16-12-17(19(25)22-18(16)11-15)13-23-7-5-21(14-23)6-8-24(20(21)26)9-10-27-2/h3-4,11-12H,5-10,13-14H2,1-2H3,(H,22,25). The van der Waals surface area contributed by atoms with Crippen molar-refractivity contribution in [2.24, 2.45) is 5.41 Å². The van der Waals surface area contributed by atoms with Crippen molar-refractivity contribution in [3.8, 4) is 0 Å². The molecule has 0 aliphatic carbocycles. The number of methoxy groups -OCH3 is 1. The number of amides is 1. The smallest absolute Gasteiger partial charge is 0.252 e. The summed E-state index contributed by atoms with van der Waals surface area (Å²) in [5, 5.41) is 1.05. The van der Waals surface area contributed by atoms with Crippen LogP contribution in [0.1, 0.15) is 24.0 Å². The third-order valence-electron chi connectivity index (χ3n) is 6.07. The molecule has 27 heavy (non-hydrogen) atoms. The number of ether oxygens (including phenoxy) is 1. The number of aromatic amines is 1. The Bertz CT molecular complexity index is 923. The Hall–Kier alpha value is -2.18.